The van der Waals surface area contributed by atoms with E-state index in [9.17, 15) is 0 Å². The van der Waals surface area contributed by atoms with Gasteiger partial charge in [-0.3, -0.25) is 0 Å². The van der Waals surface area contributed by atoms with Gasteiger partial charge in [-0.1, -0.05) is 0 Å². The fraction of sp³-hybridized carbons (Fsp3) is 0. The Morgan fingerprint density at radius 2 is 0.875 bits per heavy atom. The summed E-state index contributed by atoms with van der Waals surface area (Å²) in [7, 11) is -4.61. The Morgan fingerprint density at radius 3 is 0.875 bits per heavy atom. The molecule has 0 amide bonds. The van der Waals surface area contributed by atoms with Crippen molar-refractivity contribution in [2.45, 2.75) is 0 Å². The Kier molecular flexibility index (Phi) is 29.8. The molecule has 44 valence electrons. The molecule has 0 spiro atoms. The quantitative estimate of drug-likeness (QED) is 0.325. The van der Waals surface area contributed by atoms with Crippen molar-refractivity contribution >= 4 is 115 Å². The van der Waals surface area contributed by atoms with Crippen LogP contribution in [0.15, 0.2) is 0 Å². The van der Waals surface area contributed by atoms with Gasteiger partial charge >= 0.3 is 115 Å². The third-order valence-corrected chi connectivity index (χ3v) is 0. The first-order valence-electron chi connectivity index (χ1n) is 0.894. The monoisotopic (exact) mass is 254 g/mol. The zero-order valence-electron chi connectivity index (χ0n) is 2.29. The van der Waals surface area contributed by atoms with Gasteiger partial charge in [0.2, 0.25) is 0 Å². The average Bonchev–Trinajstić information content (AvgIpc) is 0.722. The average molecular weight is 254 g/mol. The van der Waals surface area contributed by atoms with Crippen LogP contribution in [-0.4, -0.2) is 135 Å². The van der Waals surface area contributed by atoms with Gasteiger partial charge in [0.15, 0.2) is 0 Å². The van der Waals surface area contributed by atoms with Crippen molar-refractivity contribution in [2.24, 2.45) is 0 Å². The van der Waals surface area contributed by atoms with Crippen LogP contribution in [0.25, 0.3) is 0 Å². The van der Waals surface area contributed by atoms with Crippen LogP contribution in [0, 0.1) is 0 Å². The number of hydrogen-bond acceptors (Lipinski definition) is 4. The molecule has 0 atom stereocenters. The molecule has 0 aliphatic rings. The minimum absolute atomic E-state index is 0. The standard InChI is InChI=1S/Ca.Mg.H4O4Si.Sr.6H/c;;1-5(2,3)4;;;;;;;/h;;1-4H;;;;;;;. The molecule has 0 radical (unpaired) electrons. The van der Waals surface area contributed by atoms with E-state index in [4.69, 9.17) is 19.2 Å². The van der Waals surface area contributed by atoms with E-state index in [1.165, 1.54) is 0 Å². The molecule has 0 saturated heterocycles. The van der Waals surface area contributed by atoms with Crippen molar-refractivity contribution in [1.29, 1.82) is 0 Å². The summed E-state index contributed by atoms with van der Waals surface area (Å²) in [5, 5.41) is 0. The first-order chi connectivity index (χ1) is 2.00. The van der Waals surface area contributed by atoms with E-state index in [0.29, 0.717) is 0 Å². The third kappa shape index (κ3) is 55.2. The first kappa shape index (κ1) is 22.6. The molecule has 0 aromatic rings. The van der Waals surface area contributed by atoms with Gasteiger partial charge in [0.1, 0.15) is 0 Å². The summed E-state index contributed by atoms with van der Waals surface area (Å²) >= 11 is 0. The molecule has 0 aromatic carbocycles. The van der Waals surface area contributed by atoms with E-state index in [1.807, 2.05) is 0 Å². The van der Waals surface area contributed by atoms with Crippen LogP contribution in [0.2, 0.25) is 0 Å². The summed E-state index contributed by atoms with van der Waals surface area (Å²) in [6.45, 7) is 0. The molecule has 8 heteroatoms. The fourth-order valence-corrected chi connectivity index (χ4v) is 0. The SMILES string of the molecule is O[Si](O)(O)O.[CaH2].[MgH2].[SrH2]. The van der Waals surface area contributed by atoms with Gasteiger partial charge in [-0.25, -0.2) is 0 Å². The summed E-state index contributed by atoms with van der Waals surface area (Å²) < 4.78 is 0. The maximum atomic E-state index is 7.33. The Bertz CT molecular complexity index is 31.5. The van der Waals surface area contributed by atoms with Gasteiger partial charge in [0, 0.05) is 0 Å². The van der Waals surface area contributed by atoms with Gasteiger partial charge in [-0.15, -0.1) is 0 Å². The molecular formula is H10CaMgO4SiSr. The number of hydrogen-bond donors (Lipinski definition) is 4. The molecule has 0 aromatic heterocycles. The second-order valence-electron chi connectivity index (χ2n) is 0.600. The van der Waals surface area contributed by atoms with E-state index < -0.39 is 9.05 Å². The molecule has 4 nitrogen and oxygen atoms in total. The van der Waals surface area contributed by atoms with Crippen molar-refractivity contribution in [2.75, 3.05) is 0 Å². The van der Waals surface area contributed by atoms with Crippen molar-refractivity contribution in [3.63, 3.8) is 0 Å². The topological polar surface area (TPSA) is 80.9 Å². The third-order valence-electron chi connectivity index (χ3n) is 0. The zero-order valence-corrected chi connectivity index (χ0v) is 3.29. The molecule has 4 N–H and O–H groups in total. The van der Waals surface area contributed by atoms with Crippen molar-refractivity contribution in [3.05, 3.63) is 0 Å². The van der Waals surface area contributed by atoms with Gasteiger partial charge in [-0.05, 0) is 0 Å². The number of rotatable bonds is 0. The first-order valence-corrected chi connectivity index (χ1v) is 2.68. The fourth-order valence-electron chi connectivity index (χ4n) is 0. The van der Waals surface area contributed by atoms with Gasteiger partial charge in [-0.2, -0.15) is 0 Å². The van der Waals surface area contributed by atoms with Crippen LogP contribution in [-0.2, 0) is 0 Å². The Morgan fingerprint density at radius 1 is 0.875 bits per heavy atom. The van der Waals surface area contributed by atoms with E-state index >= 15 is 0 Å². The molecule has 0 heterocycles. The summed E-state index contributed by atoms with van der Waals surface area (Å²) in [6.07, 6.45) is 0. The van der Waals surface area contributed by atoms with Crippen LogP contribution in [0.3, 0.4) is 0 Å². The normalized spacial score (nSPS) is 7.50. The molecule has 0 rings (SSSR count). The molecule has 0 unspecified atom stereocenters. The Balaban J connectivity index is -0.0000000267. The molecular weight excluding hydrogens is 244 g/mol. The van der Waals surface area contributed by atoms with Crippen LogP contribution >= 0.6 is 0 Å². The molecule has 0 bridgehead atoms. The Labute approximate surface area is 131 Å². The summed E-state index contributed by atoms with van der Waals surface area (Å²) in [5.74, 6) is 0. The van der Waals surface area contributed by atoms with Crippen molar-refractivity contribution in [1.82, 2.24) is 0 Å². The van der Waals surface area contributed by atoms with E-state index in [2.05, 4.69) is 0 Å². The molecule has 0 fully saturated rings. The second-order valence-corrected chi connectivity index (χ2v) is 1.80. The minimum atomic E-state index is -4.61. The van der Waals surface area contributed by atoms with Crippen LogP contribution in [0.5, 0.6) is 0 Å². The van der Waals surface area contributed by atoms with Crippen molar-refractivity contribution < 1.29 is 19.2 Å². The van der Waals surface area contributed by atoms with E-state index in [1.54, 1.807) is 0 Å². The van der Waals surface area contributed by atoms with E-state index in [-0.39, 0.29) is 106 Å². The predicted molar refractivity (Wildman–Crippen MR) is 40.3 cm³/mol. The van der Waals surface area contributed by atoms with Gasteiger partial charge in [0.25, 0.3) is 0 Å². The summed E-state index contributed by atoms with van der Waals surface area (Å²) in [5.41, 5.74) is 0. The van der Waals surface area contributed by atoms with Crippen LogP contribution in [0.4, 0.5) is 0 Å². The molecule has 0 saturated carbocycles. The zero-order chi connectivity index (χ0) is 4.50. The predicted octanol–water partition coefficient (Wildman–Crippen LogP) is -5.36. The summed E-state index contributed by atoms with van der Waals surface area (Å²) in [6, 6.07) is 0. The molecule has 0 aliphatic carbocycles. The van der Waals surface area contributed by atoms with Crippen molar-refractivity contribution in [3.8, 4) is 0 Å². The molecule has 0 aliphatic heterocycles. The maximum absolute atomic E-state index is 7.33. The van der Waals surface area contributed by atoms with Crippen LogP contribution in [0.1, 0.15) is 0 Å². The van der Waals surface area contributed by atoms with Gasteiger partial charge in [0.05, 0.1) is 0 Å². The van der Waals surface area contributed by atoms with Gasteiger partial charge < -0.3 is 19.2 Å². The Hall–Kier alpha value is 3.56. The van der Waals surface area contributed by atoms with Crippen LogP contribution < -0.4 is 0 Å². The second kappa shape index (κ2) is 10.6. The summed E-state index contributed by atoms with van der Waals surface area (Å²) in [4.78, 5) is 29.3. The van der Waals surface area contributed by atoms with E-state index in [0.717, 1.165) is 0 Å². The molecule has 8 heavy (non-hydrogen) atoms.